The zero-order chi connectivity index (χ0) is 6.24. The molecule has 0 heterocycles. The van der Waals surface area contributed by atoms with Crippen molar-refractivity contribution in [2.75, 3.05) is 0 Å². The van der Waals surface area contributed by atoms with Crippen molar-refractivity contribution in [3.05, 3.63) is 24.3 Å². The SMILES string of the molecule is C/C=C\C=C\CC=O. The molecule has 0 rings (SSSR count). The van der Waals surface area contributed by atoms with E-state index < -0.39 is 0 Å². The normalized spacial score (nSPS) is 11.1. The summed E-state index contributed by atoms with van der Waals surface area (Å²) in [4.78, 5) is 9.69. The van der Waals surface area contributed by atoms with Crippen molar-refractivity contribution >= 4 is 6.29 Å². The zero-order valence-electron chi connectivity index (χ0n) is 5.00. The quantitative estimate of drug-likeness (QED) is 0.399. The van der Waals surface area contributed by atoms with Crippen LogP contribution >= 0.6 is 0 Å². The van der Waals surface area contributed by atoms with Gasteiger partial charge in [-0.3, -0.25) is 0 Å². The van der Waals surface area contributed by atoms with E-state index in [1.807, 2.05) is 31.2 Å². The number of rotatable bonds is 3. The summed E-state index contributed by atoms with van der Waals surface area (Å²) in [5.41, 5.74) is 0. The van der Waals surface area contributed by atoms with Crippen molar-refractivity contribution in [1.82, 2.24) is 0 Å². The van der Waals surface area contributed by atoms with Crippen molar-refractivity contribution in [3.63, 3.8) is 0 Å². The summed E-state index contributed by atoms with van der Waals surface area (Å²) in [7, 11) is 0. The first-order valence-corrected chi connectivity index (χ1v) is 2.63. The molecule has 0 aliphatic heterocycles. The maximum atomic E-state index is 9.69. The summed E-state index contributed by atoms with van der Waals surface area (Å²) in [5.74, 6) is 0. The van der Waals surface area contributed by atoms with Gasteiger partial charge in [-0.15, -0.1) is 0 Å². The Labute approximate surface area is 49.7 Å². The minimum atomic E-state index is 0.518. The fraction of sp³-hybridized carbons (Fsp3) is 0.286. The van der Waals surface area contributed by atoms with E-state index in [2.05, 4.69) is 0 Å². The van der Waals surface area contributed by atoms with E-state index in [9.17, 15) is 4.79 Å². The van der Waals surface area contributed by atoms with Crippen LogP contribution in [0, 0.1) is 0 Å². The smallest absolute Gasteiger partial charge is 0.123 e. The van der Waals surface area contributed by atoms with Crippen molar-refractivity contribution in [1.29, 1.82) is 0 Å². The maximum absolute atomic E-state index is 9.69. The van der Waals surface area contributed by atoms with Gasteiger partial charge in [-0.2, -0.15) is 0 Å². The highest BCUT2D eigenvalue weighted by Gasteiger charge is 1.65. The summed E-state index contributed by atoms with van der Waals surface area (Å²) < 4.78 is 0. The van der Waals surface area contributed by atoms with E-state index in [1.54, 1.807) is 0 Å². The van der Waals surface area contributed by atoms with E-state index in [0.29, 0.717) is 6.42 Å². The van der Waals surface area contributed by atoms with Crippen LogP contribution < -0.4 is 0 Å². The third kappa shape index (κ3) is 5.15. The largest absolute Gasteiger partial charge is 0.303 e. The van der Waals surface area contributed by atoms with E-state index in [0.717, 1.165) is 6.29 Å². The highest BCUT2D eigenvalue weighted by molar-refractivity contribution is 5.51. The van der Waals surface area contributed by atoms with Crippen LogP contribution in [0.15, 0.2) is 24.3 Å². The Kier molecular flexibility index (Phi) is 5.50. The molecule has 0 bridgehead atoms. The molecule has 0 saturated carbocycles. The predicted octanol–water partition coefficient (Wildman–Crippen LogP) is 1.71. The molecule has 0 aromatic carbocycles. The summed E-state index contributed by atoms with van der Waals surface area (Å²) in [6, 6.07) is 0. The van der Waals surface area contributed by atoms with Gasteiger partial charge in [0, 0.05) is 6.42 Å². The lowest BCUT2D eigenvalue weighted by atomic mass is 10.4. The van der Waals surface area contributed by atoms with Gasteiger partial charge in [0.15, 0.2) is 0 Å². The minimum absolute atomic E-state index is 0.518. The molecule has 1 heteroatoms. The third-order valence-electron chi connectivity index (χ3n) is 0.672. The van der Waals surface area contributed by atoms with Crippen LogP contribution in [0.25, 0.3) is 0 Å². The van der Waals surface area contributed by atoms with E-state index in [4.69, 9.17) is 0 Å². The standard InChI is InChI=1S/C7H10O/c1-2-3-4-5-6-7-8/h2-5,7H,6H2,1H3/b3-2-,5-4+. The summed E-state index contributed by atoms with van der Waals surface area (Å²) >= 11 is 0. The number of aldehydes is 1. The molecule has 0 N–H and O–H groups in total. The van der Waals surface area contributed by atoms with Gasteiger partial charge in [-0.25, -0.2) is 0 Å². The summed E-state index contributed by atoms with van der Waals surface area (Å²) in [6.07, 6.45) is 8.87. The van der Waals surface area contributed by atoms with Gasteiger partial charge in [0.1, 0.15) is 6.29 Å². The molecule has 44 valence electrons. The molecule has 0 fully saturated rings. The molecule has 8 heavy (non-hydrogen) atoms. The van der Waals surface area contributed by atoms with Crippen LogP contribution in [0.3, 0.4) is 0 Å². The lowest BCUT2D eigenvalue weighted by Gasteiger charge is -1.70. The summed E-state index contributed by atoms with van der Waals surface area (Å²) in [6.45, 7) is 1.94. The van der Waals surface area contributed by atoms with Crippen LogP contribution in [0.1, 0.15) is 13.3 Å². The van der Waals surface area contributed by atoms with Gasteiger partial charge in [-0.05, 0) is 6.92 Å². The molecule has 0 amide bonds. The number of carbonyl (C=O) groups excluding carboxylic acids is 1. The first-order chi connectivity index (χ1) is 3.91. The molecule has 0 radical (unpaired) electrons. The van der Waals surface area contributed by atoms with E-state index in [-0.39, 0.29) is 0 Å². The van der Waals surface area contributed by atoms with Gasteiger partial charge in [0.25, 0.3) is 0 Å². The maximum Gasteiger partial charge on any atom is 0.123 e. The lowest BCUT2D eigenvalue weighted by molar-refractivity contribution is -0.107. The van der Waals surface area contributed by atoms with Gasteiger partial charge in [0.2, 0.25) is 0 Å². The fourth-order valence-electron chi connectivity index (χ4n) is 0.324. The van der Waals surface area contributed by atoms with Gasteiger partial charge < -0.3 is 4.79 Å². The van der Waals surface area contributed by atoms with Gasteiger partial charge in [-0.1, -0.05) is 24.3 Å². The monoisotopic (exact) mass is 110 g/mol. The lowest BCUT2D eigenvalue weighted by Crippen LogP contribution is -1.62. The molecule has 0 unspecified atom stereocenters. The van der Waals surface area contributed by atoms with Gasteiger partial charge >= 0.3 is 0 Å². The molecule has 0 aromatic rings. The Morgan fingerprint density at radius 1 is 1.38 bits per heavy atom. The topological polar surface area (TPSA) is 17.1 Å². The van der Waals surface area contributed by atoms with Crippen LogP contribution in [0.5, 0.6) is 0 Å². The van der Waals surface area contributed by atoms with Gasteiger partial charge in [0.05, 0.1) is 0 Å². The Balaban J connectivity index is 3.19. The van der Waals surface area contributed by atoms with Crippen molar-refractivity contribution < 1.29 is 4.79 Å². The molecule has 0 atom stereocenters. The number of carbonyl (C=O) groups is 1. The molecular weight excluding hydrogens is 100 g/mol. The highest BCUT2D eigenvalue weighted by atomic mass is 16.1. The predicted molar refractivity (Wildman–Crippen MR) is 34.6 cm³/mol. The Hall–Kier alpha value is -0.850. The van der Waals surface area contributed by atoms with E-state index in [1.165, 1.54) is 0 Å². The second kappa shape index (κ2) is 6.15. The first-order valence-electron chi connectivity index (χ1n) is 2.63. The number of hydrogen-bond acceptors (Lipinski definition) is 1. The average molecular weight is 110 g/mol. The molecule has 0 aliphatic carbocycles. The first kappa shape index (κ1) is 7.15. The third-order valence-corrected chi connectivity index (χ3v) is 0.672. The Morgan fingerprint density at radius 3 is 2.62 bits per heavy atom. The fourth-order valence-corrected chi connectivity index (χ4v) is 0.324. The second-order valence-corrected chi connectivity index (χ2v) is 1.36. The van der Waals surface area contributed by atoms with Crippen molar-refractivity contribution in [2.24, 2.45) is 0 Å². The summed E-state index contributed by atoms with van der Waals surface area (Å²) in [5, 5.41) is 0. The van der Waals surface area contributed by atoms with Crippen LogP contribution in [0.2, 0.25) is 0 Å². The Morgan fingerprint density at radius 2 is 2.12 bits per heavy atom. The minimum Gasteiger partial charge on any atom is -0.303 e. The van der Waals surface area contributed by atoms with Crippen molar-refractivity contribution in [3.8, 4) is 0 Å². The highest BCUT2D eigenvalue weighted by Crippen LogP contribution is 1.78. The molecule has 0 aliphatic rings. The van der Waals surface area contributed by atoms with Crippen LogP contribution in [-0.2, 0) is 4.79 Å². The molecule has 1 nitrogen and oxygen atoms in total. The molecular formula is C7H10O. The second-order valence-electron chi connectivity index (χ2n) is 1.36. The average Bonchev–Trinajstić information content (AvgIpc) is 1.81. The molecule has 0 aromatic heterocycles. The molecule has 0 spiro atoms. The molecule has 0 saturated heterocycles. The van der Waals surface area contributed by atoms with Crippen LogP contribution in [-0.4, -0.2) is 6.29 Å². The van der Waals surface area contributed by atoms with Crippen LogP contribution in [0.4, 0.5) is 0 Å². The number of hydrogen-bond donors (Lipinski definition) is 0. The van der Waals surface area contributed by atoms with E-state index >= 15 is 0 Å². The number of allylic oxidation sites excluding steroid dienone is 4. The Bertz CT molecular complexity index is 101. The zero-order valence-corrected chi connectivity index (χ0v) is 5.00. The van der Waals surface area contributed by atoms with Crippen molar-refractivity contribution in [2.45, 2.75) is 13.3 Å².